The Labute approximate surface area is 126 Å². The first-order valence-electron chi connectivity index (χ1n) is 7.05. The summed E-state index contributed by atoms with van der Waals surface area (Å²) in [5.74, 6) is 0.767. The van der Waals surface area contributed by atoms with Crippen molar-refractivity contribution in [3.8, 4) is 0 Å². The van der Waals surface area contributed by atoms with E-state index >= 15 is 0 Å². The van der Waals surface area contributed by atoms with Crippen LogP contribution in [0, 0.1) is 5.92 Å². The highest BCUT2D eigenvalue weighted by atomic mass is 35.5. The molecular formula is C15H22Cl2N2. The van der Waals surface area contributed by atoms with Crippen LogP contribution in [0.15, 0.2) is 18.2 Å². The molecule has 1 heterocycles. The normalized spacial score (nSPS) is 19.9. The van der Waals surface area contributed by atoms with E-state index in [1.807, 2.05) is 12.1 Å². The fraction of sp³-hybridized carbons (Fsp3) is 0.600. The van der Waals surface area contributed by atoms with Crippen LogP contribution >= 0.6 is 23.2 Å². The van der Waals surface area contributed by atoms with Crippen molar-refractivity contribution in [3.63, 3.8) is 0 Å². The zero-order chi connectivity index (χ0) is 13.7. The average Bonchev–Trinajstić information content (AvgIpc) is 2.38. The molecule has 2 nitrogen and oxygen atoms in total. The minimum Gasteiger partial charge on any atom is -0.316 e. The molecule has 1 fully saturated rings. The topological polar surface area (TPSA) is 15.3 Å². The average molecular weight is 301 g/mol. The summed E-state index contributed by atoms with van der Waals surface area (Å²) in [5.41, 5.74) is 1.20. The fourth-order valence-electron chi connectivity index (χ4n) is 2.71. The molecular weight excluding hydrogens is 279 g/mol. The van der Waals surface area contributed by atoms with Crippen molar-refractivity contribution in [2.45, 2.75) is 26.3 Å². The standard InChI is InChI=1S/C15H22Cl2N2/c1-2-19(10-12-4-3-5-18-9-12)11-13-6-14(16)8-15(17)7-13/h6-8,12,18H,2-5,9-11H2,1H3. The number of benzene rings is 1. The number of halogens is 2. The highest BCUT2D eigenvalue weighted by Crippen LogP contribution is 2.21. The summed E-state index contributed by atoms with van der Waals surface area (Å²) >= 11 is 12.1. The predicted molar refractivity (Wildman–Crippen MR) is 83.0 cm³/mol. The lowest BCUT2D eigenvalue weighted by Crippen LogP contribution is -2.38. The molecule has 0 amide bonds. The number of hydrogen-bond acceptors (Lipinski definition) is 2. The molecule has 19 heavy (non-hydrogen) atoms. The summed E-state index contributed by atoms with van der Waals surface area (Å²) in [6.07, 6.45) is 2.63. The molecule has 0 aromatic heterocycles. The Morgan fingerprint density at radius 2 is 2.00 bits per heavy atom. The summed E-state index contributed by atoms with van der Waals surface area (Å²) in [7, 11) is 0. The van der Waals surface area contributed by atoms with Crippen molar-refractivity contribution >= 4 is 23.2 Å². The second-order valence-corrected chi connectivity index (χ2v) is 6.19. The molecule has 4 heteroatoms. The first-order chi connectivity index (χ1) is 9.17. The van der Waals surface area contributed by atoms with Crippen molar-refractivity contribution in [2.24, 2.45) is 5.92 Å². The number of hydrogen-bond donors (Lipinski definition) is 1. The second-order valence-electron chi connectivity index (χ2n) is 5.32. The summed E-state index contributed by atoms with van der Waals surface area (Å²) in [5, 5.41) is 4.92. The van der Waals surface area contributed by atoms with Gasteiger partial charge in [-0.25, -0.2) is 0 Å². The Bertz CT molecular complexity index is 383. The van der Waals surface area contributed by atoms with E-state index in [2.05, 4.69) is 17.1 Å². The van der Waals surface area contributed by atoms with Crippen molar-refractivity contribution in [1.82, 2.24) is 10.2 Å². The SMILES string of the molecule is CCN(Cc1cc(Cl)cc(Cl)c1)CC1CCCNC1. The molecule has 0 radical (unpaired) electrons. The van der Waals surface area contributed by atoms with Gasteiger partial charge < -0.3 is 5.32 Å². The van der Waals surface area contributed by atoms with Crippen LogP contribution in [0.1, 0.15) is 25.3 Å². The summed E-state index contributed by atoms with van der Waals surface area (Å²) in [6, 6.07) is 5.80. The molecule has 0 aliphatic carbocycles. The Morgan fingerprint density at radius 3 is 2.58 bits per heavy atom. The zero-order valence-electron chi connectivity index (χ0n) is 11.5. The van der Waals surface area contributed by atoms with Gasteiger partial charge in [-0.05, 0) is 62.2 Å². The Balaban J connectivity index is 1.93. The smallest absolute Gasteiger partial charge is 0.0424 e. The van der Waals surface area contributed by atoms with E-state index in [4.69, 9.17) is 23.2 Å². The number of nitrogens with one attached hydrogen (secondary N) is 1. The van der Waals surface area contributed by atoms with Crippen LogP contribution in [-0.4, -0.2) is 31.1 Å². The van der Waals surface area contributed by atoms with Crippen LogP contribution < -0.4 is 5.32 Å². The molecule has 2 rings (SSSR count). The van der Waals surface area contributed by atoms with Crippen LogP contribution in [0.5, 0.6) is 0 Å². The van der Waals surface area contributed by atoms with Crippen molar-refractivity contribution < 1.29 is 0 Å². The van der Waals surface area contributed by atoms with E-state index in [0.29, 0.717) is 0 Å². The van der Waals surface area contributed by atoms with Crippen LogP contribution in [0.25, 0.3) is 0 Å². The maximum absolute atomic E-state index is 6.06. The fourth-order valence-corrected chi connectivity index (χ4v) is 3.28. The molecule has 0 spiro atoms. The van der Waals surface area contributed by atoms with E-state index < -0.39 is 0 Å². The van der Waals surface area contributed by atoms with Crippen molar-refractivity contribution in [2.75, 3.05) is 26.2 Å². The van der Waals surface area contributed by atoms with Crippen LogP contribution in [0.2, 0.25) is 10.0 Å². The number of nitrogens with zero attached hydrogens (tertiary/aromatic N) is 1. The first-order valence-corrected chi connectivity index (χ1v) is 7.81. The van der Waals surface area contributed by atoms with Crippen LogP contribution in [0.3, 0.4) is 0 Å². The van der Waals surface area contributed by atoms with Gasteiger partial charge in [-0.15, -0.1) is 0 Å². The molecule has 1 N–H and O–H groups in total. The van der Waals surface area contributed by atoms with E-state index in [1.165, 1.54) is 24.9 Å². The van der Waals surface area contributed by atoms with Crippen LogP contribution in [-0.2, 0) is 6.54 Å². The largest absolute Gasteiger partial charge is 0.316 e. The number of rotatable bonds is 5. The van der Waals surface area contributed by atoms with Gasteiger partial charge in [0.05, 0.1) is 0 Å². The highest BCUT2D eigenvalue weighted by Gasteiger charge is 2.16. The van der Waals surface area contributed by atoms with Gasteiger partial charge >= 0.3 is 0 Å². The van der Waals surface area contributed by atoms with Gasteiger partial charge in [-0.1, -0.05) is 30.1 Å². The molecule has 1 saturated heterocycles. The Hall–Kier alpha value is -0.280. The Kier molecular flexibility index (Phi) is 5.96. The highest BCUT2D eigenvalue weighted by molar-refractivity contribution is 6.34. The molecule has 0 bridgehead atoms. The van der Waals surface area contributed by atoms with Gasteiger partial charge in [0.1, 0.15) is 0 Å². The molecule has 1 aromatic rings. The minimum atomic E-state index is 0.720. The van der Waals surface area contributed by atoms with E-state index in [-0.39, 0.29) is 0 Å². The van der Waals surface area contributed by atoms with Gasteiger partial charge in [0.25, 0.3) is 0 Å². The zero-order valence-corrected chi connectivity index (χ0v) is 13.0. The molecule has 1 unspecified atom stereocenters. The molecule has 0 saturated carbocycles. The molecule has 1 atom stereocenters. The molecule has 106 valence electrons. The third kappa shape index (κ3) is 4.96. The number of piperidine rings is 1. The van der Waals surface area contributed by atoms with E-state index in [1.54, 1.807) is 6.07 Å². The second kappa shape index (κ2) is 7.49. The maximum atomic E-state index is 6.06. The van der Waals surface area contributed by atoms with Gasteiger partial charge in [-0.2, -0.15) is 0 Å². The van der Waals surface area contributed by atoms with E-state index in [0.717, 1.165) is 42.1 Å². The lowest BCUT2D eigenvalue weighted by atomic mass is 9.99. The third-order valence-electron chi connectivity index (χ3n) is 3.69. The van der Waals surface area contributed by atoms with Gasteiger partial charge in [0.2, 0.25) is 0 Å². The predicted octanol–water partition coefficient (Wildman–Crippen LogP) is 3.81. The summed E-state index contributed by atoms with van der Waals surface area (Å²) in [4.78, 5) is 2.47. The lowest BCUT2D eigenvalue weighted by molar-refractivity contribution is 0.209. The molecule has 1 aliphatic rings. The molecule has 1 aromatic carbocycles. The minimum absolute atomic E-state index is 0.720. The van der Waals surface area contributed by atoms with Crippen molar-refractivity contribution in [3.05, 3.63) is 33.8 Å². The van der Waals surface area contributed by atoms with Crippen LogP contribution in [0.4, 0.5) is 0 Å². The first kappa shape index (κ1) is 15.1. The maximum Gasteiger partial charge on any atom is 0.0424 e. The molecule has 1 aliphatic heterocycles. The summed E-state index contributed by atoms with van der Waals surface area (Å²) in [6.45, 7) is 7.66. The Morgan fingerprint density at radius 1 is 1.26 bits per heavy atom. The van der Waals surface area contributed by atoms with Crippen molar-refractivity contribution in [1.29, 1.82) is 0 Å². The third-order valence-corrected chi connectivity index (χ3v) is 4.13. The van der Waals surface area contributed by atoms with Gasteiger partial charge in [-0.3, -0.25) is 4.90 Å². The van der Waals surface area contributed by atoms with Gasteiger partial charge in [0.15, 0.2) is 0 Å². The monoisotopic (exact) mass is 300 g/mol. The lowest BCUT2D eigenvalue weighted by Gasteiger charge is -2.29. The summed E-state index contributed by atoms with van der Waals surface area (Å²) < 4.78 is 0. The van der Waals surface area contributed by atoms with E-state index in [9.17, 15) is 0 Å². The quantitative estimate of drug-likeness (QED) is 0.889. The van der Waals surface area contributed by atoms with Gasteiger partial charge in [0, 0.05) is 23.1 Å².